The summed E-state index contributed by atoms with van der Waals surface area (Å²) in [6.45, 7) is 2.55. The fourth-order valence-corrected chi connectivity index (χ4v) is 4.91. The van der Waals surface area contributed by atoms with Gasteiger partial charge in [0.05, 0.1) is 5.69 Å². The summed E-state index contributed by atoms with van der Waals surface area (Å²) in [4.78, 5) is 13.8. The molecule has 1 saturated carbocycles. The maximum absolute atomic E-state index is 13.6. The first-order chi connectivity index (χ1) is 14.5. The molecule has 6 nitrogen and oxygen atoms in total. The maximum atomic E-state index is 13.6. The Morgan fingerprint density at radius 3 is 2.53 bits per heavy atom. The Labute approximate surface area is 174 Å². The Hall–Kier alpha value is -2.06. The van der Waals surface area contributed by atoms with Crippen molar-refractivity contribution in [3.05, 3.63) is 29.5 Å². The minimum absolute atomic E-state index is 0.201. The third-order valence-corrected chi connectivity index (χ3v) is 6.72. The molecule has 2 heterocycles. The molecule has 1 amide bonds. The van der Waals surface area contributed by atoms with Gasteiger partial charge in [-0.05, 0) is 76.6 Å². The highest BCUT2D eigenvalue weighted by atomic mass is 19.2. The van der Waals surface area contributed by atoms with Crippen LogP contribution >= 0.6 is 0 Å². The highest BCUT2D eigenvalue weighted by Gasteiger charge is 2.27. The molecule has 1 aliphatic heterocycles. The van der Waals surface area contributed by atoms with Crippen LogP contribution in [0.25, 0.3) is 11.0 Å². The largest absolute Gasteiger partial charge is 0.387 e. The van der Waals surface area contributed by atoms with Gasteiger partial charge in [-0.25, -0.2) is 8.78 Å². The number of carbonyl (C=O) groups excluding carboxylic acids is 1. The number of piperidine rings is 1. The molecule has 2 fully saturated rings. The fraction of sp³-hybridized carbons (Fsp3) is 0.636. The summed E-state index contributed by atoms with van der Waals surface area (Å²) in [6.07, 6.45) is 7.20. The highest BCUT2D eigenvalue weighted by Crippen LogP contribution is 2.34. The van der Waals surface area contributed by atoms with Gasteiger partial charge in [0.2, 0.25) is 5.91 Å². The number of hydrogen-bond acceptors (Lipinski definition) is 5. The van der Waals surface area contributed by atoms with Crippen LogP contribution in [0, 0.1) is 17.6 Å². The molecular weight excluding hydrogens is 392 g/mol. The zero-order chi connectivity index (χ0) is 21.1. The van der Waals surface area contributed by atoms with Gasteiger partial charge < -0.3 is 19.8 Å². The van der Waals surface area contributed by atoms with Crippen molar-refractivity contribution >= 4 is 16.9 Å². The van der Waals surface area contributed by atoms with E-state index in [2.05, 4.69) is 15.4 Å². The van der Waals surface area contributed by atoms with Crippen LogP contribution in [0.15, 0.2) is 16.7 Å². The summed E-state index contributed by atoms with van der Waals surface area (Å²) in [7, 11) is 0. The summed E-state index contributed by atoms with van der Waals surface area (Å²) < 4.78 is 32.2. The quantitative estimate of drug-likeness (QED) is 0.748. The number of likely N-dealkylation sites (tertiary alicyclic amines) is 1. The number of carbonyl (C=O) groups is 1. The van der Waals surface area contributed by atoms with Crippen molar-refractivity contribution in [2.24, 2.45) is 5.92 Å². The van der Waals surface area contributed by atoms with Crippen LogP contribution in [0.3, 0.4) is 0 Å². The molecule has 0 radical (unpaired) electrons. The summed E-state index contributed by atoms with van der Waals surface area (Å²) in [5, 5.41) is 16.4. The Morgan fingerprint density at radius 1 is 1.13 bits per heavy atom. The lowest BCUT2D eigenvalue weighted by molar-refractivity contribution is -0.124. The summed E-state index contributed by atoms with van der Waals surface area (Å²) in [6, 6.07) is 2.47. The first-order valence-electron chi connectivity index (χ1n) is 10.9. The number of halogens is 2. The Bertz CT molecular complexity index is 872. The molecular formula is C22H29F2N3O3. The number of benzene rings is 1. The van der Waals surface area contributed by atoms with Crippen LogP contribution in [-0.2, 0) is 4.79 Å². The molecule has 1 saturated heterocycles. The zero-order valence-corrected chi connectivity index (χ0v) is 17.1. The van der Waals surface area contributed by atoms with E-state index < -0.39 is 18.2 Å². The molecule has 0 atom stereocenters. The van der Waals surface area contributed by atoms with Gasteiger partial charge in [0.15, 0.2) is 17.2 Å². The first-order valence-corrected chi connectivity index (χ1v) is 10.9. The van der Waals surface area contributed by atoms with Crippen LogP contribution in [0.5, 0.6) is 0 Å². The molecule has 1 aromatic carbocycles. The lowest BCUT2D eigenvalue weighted by Gasteiger charge is -2.34. The topological polar surface area (TPSA) is 78.6 Å². The van der Waals surface area contributed by atoms with Gasteiger partial charge >= 0.3 is 0 Å². The number of hydrogen-bond donors (Lipinski definition) is 2. The van der Waals surface area contributed by atoms with Gasteiger partial charge in [0.1, 0.15) is 6.61 Å². The Balaban J connectivity index is 1.22. The second kappa shape index (κ2) is 9.39. The second-order valence-corrected chi connectivity index (χ2v) is 8.68. The molecule has 1 aliphatic carbocycles. The third-order valence-electron chi connectivity index (χ3n) is 6.72. The van der Waals surface area contributed by atoms with Gasteiger partial charge in [-0.3, -0.25) is 4.79 Å². The van der Waals surface area contributed by atoms with Crippen LogP contribution in [0.4, 0.5) is 8.78 Å². The zero-order valence-electron chi connectivity index (χ0n) is 17.1. The van der Waals surface area contributed by atoms with E-state index in [0.29, 0.717) is 16.9 Å². The molecule has 2 aromatic rings. The van der Waals surface area contributed by atoms with E-state index in [0.717, 1.165) is 76.3 Å². The molecule has 2 N–H and O–H groups in total. The van der Waals surface area contributed by atoms with Crippen LogP contribution in [-0.4, -0.2) is 53.4 Å². The molecule has 2 aliphatic rings. The van der Waals surface area contributed by atoms with E-state index in [-0.39, 0.29) is 17.9 Å². The summed E-state index contributed by atoms with van der Waals surface area (Å²) in [5.41, 5.74) is 1.05. The molecule has 1 aromatic heterocycles. The predicted octanol–water partition coefficient (Wildman–Crippen LogP) is 3.34. The van der Waals surface area contributed by atoms with Crippen molar-refractivity contribution in [2.45, 2.75) is 56.9 Å². The molecule has 0 bridgehead atoms. The van der Waals surface area contributed by atoms with Gasteiger partial charge in [-0.2, -0.15) is 0 Å². The second-order valence-electron chi connectivity index (χ2n) is 8.68. The van der Waals surface area contributed by atoms with E-state index in [1.54, 1.807) is 0 Å². The number of aliphatic hydroxyl groups excluding tert-OH is 1. The van der Waals surface area contributed by atoms with E-state index in [9.17, 15) is 13.6 Å². The van der Waals surface area contributed by atoms with Gasteiger partial charge in [0, 0.05) is 23.4 Å². The average Bonchev–Trinajstić information content (AvgIpc) is 3.16. The van der Waals surface area contributed by atoms with Crippen molar-refractivity contribution in [2.75, 3.05) is 26.2 Å². The SMILES string of the molecule is O=C(CO)NC1CCC(CCN2CCC(c3noc4cc(F)c(F)cc34)CC2)CC1. The first kappa shape index (κ1) is 21.2. The molecule has 164 valence electrons. The van der Waals surface area contributed by atoms with Crippen LogP contribution in [0.1, 0.15) is 56.6 Å². The van der Waals surface area contributed by atoms with Gasteiger partial charge in [-0.1, -0.05) is 5.16 Å². The highest BCUT2D eigenvalue weighted by molar-refractivity contribution is 5.80. The Kier molecular flexibility index (Phi) is 6.63. The molecule has 0 unspecified atom stereocenters. The van der Waals surface area contributed by atoms with Crippen molar-refractivity contribution in [1.82, 2.24) is 15.4 Å². The number of rotatable bonds is 6. The monoisotopic (exact) mass is 421 g/mol. The minimum atomic E-state index is -0.912. The average molecular weight is 421 g/mol. The number of nitrogens with zero attached hydrogens (tertiary/aromatic N) is 2. The third kappa shape index (κ3) is 4.81. The normalized spacial score (nSPS) is 23.7. The van der Waals surface area contributed by atoms with E-state index >= 15 is 0 Å². The van der Waals surface area contributed by atoms with E-state index in [1.165, 1.54) is 6.07 Å². The van der Waals surface area contributed by atoms with Crippen LogP contribution in [0.2, 0.25) is 0 Å². The maximum Gasteiger partial charge on any atom is 0.245 e. The Morgan fingerprint density at radius 2 is 1.83 bits per heavy atom. The van der Waals surface area contributed by atoms with Crippen molar-refractivity contribution in [1.29, 1.82) is 0 Å². The van der Waals surface area contributed by atoms with E-state index in [4.69, 9.17) is 9.63 Å². The molecule has 30 heavy (non-hydrogen) atoms. The smallest absolute Gasteiger partial charge is 0.245 e. The lowest BCUT2D eigenvalue weighted by Crippen LogP contribution is -2.39. The predicted molar refractivity (Wildman–Crippen MR) is 108 cm³/mol. The summed E-state index contributed by atoms with van der Waals surface area (Å²) >= 11 is 0. The van der Waals surface area contributed by atoms with E-state index in [1.807, 2.05) is 0 Å². The number of fused-ring (bicyclic) bond motifs is 1. The molecule has 0 spiro atoms. The van der Waals surface area contributed by atoms with Crippen molar-refractivity contribution in [3.8, 4) is 0 Å². The lowest BCUT2D eigenvalue weighted by atomic mass is 9.83. The molecule has 4 rings (SSSR count). The van der Waals surface area contributed by atoms with Gasteiger partial charge in [-0.15, -0.1) is 0 Å². The number of aliphatic hydroxyl groups is 1. The number of aromatic nitrogens is 1. The van der Waals surface area contributed by atoms with Gasteiger partial charge in [0.25, 0.3) is 0 Å². The van der Waals surface area contributed by atoms with Crippen LogP contribution < -0.4 is 5.32 Å². The summed E-state index contributed by atoms with van der Waals surface area (Å²) in [5.74, 6) is -1.17. The van der Waals surface area contributed by atoms with Crippen molar-refractivity contribution in [3.63, 3.8) is 0 Å². The van der Waals surface area contributed by atoms with Crippen molar-refractivity contribution < 1.29 is 23.2 Å². The molecule has 8 heteroatoms. The number of nitrogens with one attached hydrogen (secondary N) is 1. The fourth-order valence-electron chi connectivity index (χ4n) is 4.91. The number of amides is 1. The standard InChI is InChI=1S/C22H29F2N3O3/c23-18-11-17-20(12-19(18)24)30-26-22(17)15-6-9-27(10-7-15)8-5-14-1-3-16(4-2-14)25-21(29)13-28/h11-12,14-16,28H,1-10,13H2,(H,25,29). The minimum Gasteiger partial charge on any atom is -0.387 e.